The predicted octanol–water partition coefficient (Wildman–Crippen LogP) is 2.09. The monoisotopic (exact) mass is 262 g/mol. The molecule has 0 atom stereocenters. The number of hydrogen-bond donors (Lipinski definition) is 0. The Morgan fingerprint density at radius 3 is 2.67 bits per heavy atom. The fraction of sp³-hybridized carbons (Fsp3) is 0.154. The van der Waals surface area contributed by atoms with Crippen molar-refractivity contribution in [1.29, 1.82) is 0 Å². The summed E-state index contributed by atoms with van der Waals surface area (Å²) in [5.41, 5.74) is 1.15. The lowest BCUT2D eigenvalue weighted by Crippen LogP contribution is -2.25. The van der Waals surface area contributed by atoms with E-state index in [9.17, 15) is 9.59 Å². The van der Waals surface area contributed by atoms with Gasteiger partial charge in [-0.3, -0.25) is 9.36 Å². The van der Waals surface area contributed by atoms with Crippen LogP contribution in [0.15, 0.2) is 41.5 Å². The summed E-state index contributed by atoms with van der Waals surface area (Å²) in [5, 5.41) is 0.325. The number of ketones is 1. The van der Waals surface area contributed by atoms with Crippen LogP contribution < -0.4 is 5.69 Å². The number of rotatable bonds is 3. The summed E-state index contributed by atoms with van der Waals surface area (Å²) in [4.78, 5) is 27.0. The Morgan fingerprint density at radius 2 is 2.00 bits per heavy atom. The molecule has 1 aromatic heterocycles. The van der Waals surface area contributed by atoms with Crippen molar-refractivity contribution in [1.82, 2.24) is 9.55 Å². The number of benzene rings is 1. The second-order valence-electron chi connectivity index (χ2n) is 3.97. The summed E-state index contributed by atoms with van der Waals surface area (Å²) < 4.78 is 1.20. The van der Waals surface area contributed by atoms with Gasteiger partial charge in [-0.2, -0.15) is 0 Å². The van der Waals surface area contributed by atoms with E-state index in [-0.39, 0.29) is 12.3 Å². The average molecular weight is 263 g/mol. The molecule has 0 N–H and O–H groups in total. The highest BCUT2D eigenvalue weighted by Crippen LogP contribution is 2.06. The normalized spacial score (nSPS) is 10.3. The SMILES string of the molecule is Cc1ccc(C(=O)Cn2cc(Cl)cnc2=O)cc1. The van der Waals surface area contributed by atoms with Crippen LogP contribution in [-0.4, -0.2) is 15.3 Å². The molecule has 1 heterocycles. The highest BCUT2D eigenvalue weighted by Gasteiger charge is 2.08. The van der Waals surface area contributed by atoms with Gasteiger partial charge in [0, 0.05) is 11.8 Å². The molecule has 2 aromatic rings. The van der Waals surface area contributed by atoms with Crippen molar-refractivity contribution in [3.63, 3.8) is 0 Å². The standard InChI is InChI=1S/C13H11ClN2O2/c1-9-2-4-10(5-3-9)12(17)8-16-7-11(14)6-15-13(16)18/h2-7H,8H2,1H3. The van der Waals surface area contributed by atoms with E-state index in [4.69, 9.17) is 11.6 Å². The van der Waals surface area contributed by atoms with Crippen LogP contribution in [0.2, 0.25) is 5.02 Å². The quantitative estimate of drug-likeness (QED) is 0.796. The molecule has 0 fully saturated rings. The van der Waals surface area contributed by atoms with Gasteiger partial charge in [0.25, 0.3) is 0 Å². The van der Waals surface area contributed by atoms with Gasteiger partial charge in [-0.25, -0.2) is 9.78 Å². The lowest BCUT2D eigenvalue weighted by molar-refractivity contribution is 0.0970. The first kappa shape index (κ1) is 12.5. The van der Waals surface area contributed by atoms with Crippen LogP contribution in [0.5, 0.6) is 0 Å². The van der Waals surface area contributed by atoms with Crippen LogP contribution >= 0.6 is 11.6 Å². The zero-order valence-electron chi connectivity index (χ0n) is 9.76. The van der Waals surface area contributed by atoms with Gasteiger partial charge < -0.3 is 0 Å². The molecule has 5 heteroatoms. The van der Waals surface area contributed by atoms with Crippen LogP contribution in [0, 0.1) is 6.92 Å². The van der Waals surface area contributed by atoms with E-state index in [2.05, 4.69) is 4.98 Å². The molecule has 0 aliphatic carbocycles. The van der Waals surface area contributed by atoms with Crippen LogP contribution in [0.1, 0.15) is 15.9 Å². The average Bonchev–Trinajstić information content (AvgIpc) is 2.34. The lowest BCUT2D eigenvalue weighted by atomic mass is 10.1. The molecule has 18 heavy (non-hydrogen) atoms. The Kier molecular flexibility index (Phi) is 3.58. The molecule has 0 saturated heterocycles. The van der Waals surface area contributed by atoms with E-state index in [1.165, 1.54) is 17.0 Å². The molecule has 0 amide bonds. The zero-order valence-corrected chi connectivity index (χ0v) is 10.5. The molecule has 0 aliphatic heterocycles. The number of aryl methyl sites for hydroxylation is 1. The highest BCUT2D eigenvalue weighted by molar-refractivity contribution is 6.30. The molecule has 0 spiro atoms. The van der Waals surface area contributed by atoms with Gasteiger partial charge in [0.1, 0.15) is 0 Å². The number of Topliss-reactive ketones (excluding diaryl/α,β-unsaturated/α-hetero) is 1. The predicted molar refractivity (Wildman–Crippen MR) is 69.0 cm³/mol. The van der Waals surface area contributed by atoms with Crippen LogP contribution in [0.4, 0.5) is 0 Å². The summed E-state index contributed by atoms with van der Waals surface area (Å²) in [6, 6.07) is 7.18. The Hall–Kier alpha value is -1.94. The van der Waals surface area contributed by atoms with Crippen molar-refractivity contribution in [3.05, 3.63) is 63.3 Å². The maximum Gasteiger partial charge on any atom is 0.348 e. The number of aromatic nitrogens is 2. The second-order valence-corrected chi connectivity index (χ2v) is 4.41. The van der Waals surface area contributed by atoms with Crippen molar-refractivity contribution < 1.29 is 4.79 Å². The Balaban J connectivity index is 2.24. The molecule has 2 rings (SSSR count). The molecule has 0 saturated carbocycles. The van der Waals surface area contributed by atoms with Gasteiger partial charge in [0.05, 0.1) is 17.8 Å². The van der Waals surface area contributed by atoms with Gasteiger partial charge in [0.15, 0.2) is 5.78 Å². The molecule has 0 bridgehead atoms. The van der Waals surface area contributed by atoms with Crippen molar-refractivity contribution in [2.24, 2.45) is 0 Å². The van der Waals surface area contributed by atoms with Crippen molar-refractivity contribution in [2.45, 2.75) is 13.5 Å². The van der Waals surface area contributed by atoms with Gasteiger partial charge in [0.2, 0.25) is 0 Å². The smallest absolute Gasteiger partial charge is 0.292 e. The minimum Gasteiger partial charge on any atom is -0.292 e. The molecule has 92 valence electrons. The second kappa shape index (κ2) is 5.14. The van der Waals surface area contributed by atoms with Gasteiger partial charge in [-0.1, -0.05) is 41.4 Å². The maximum absolute atomic E-state index is 12.0. The van der Waals surface area contributed by atoms with E-state index in [0.29, 0.717) is 10.6 Å². The van der Waals surface area contributed by atoms with Crippen molar-refractivity contribution >= 4 is 17.4 Å². The number of carbonyl (C=O) groups excluding carboxylic acids is 1. The largest absolute Gasteiger partial charge is 0.348 e. The van der Waals surface area contributed by atoms with E-state index in [1.807, 2.05) is 19.1 Å². The highest BCUT2D eigenvalue weighted by atomic mass is 35.5. The molecule has 0 unspecified atom stereocenters. The van der Waals surface area contributed by atoms with E-state index in [0.717, 1.165) is 5.56 Å². The first-order valence-corrected chi connectivity index (χ1v) is 5.76. The van der Waals surface area contributed by atoms with Gasteiger partial charge in [-0.05, 0) is 6.92 Å². The summed E-state index contributed by atoms with van der Waals surface area (Å²) in [6.45, 7) is 1.88. The Labute approximate surface area is 109 Å². The molecular formula is C13H11ClN2O2. The first-order chi connectivity index (χ1) is 8.56. The number of halogens is 1. The lowest BCUT2D eigenvalue weighted by Gasteiger charge is -2.04. The van der Waals surface area contributed by atoms with Gasteiger partial charge >= 0.3 is 5.69 Å². The summed E-state index contributed by atoms with van der Waals surface area (Å²) in [5.74, 6) is -0.152. The summed E-state index contributed by atoms with van der Waals surface area (Å²) in [7, 11) is 0. The van der Waals surface area contributed by atoms with Gasteiger partial charge in [-0.15, -0.1) is 0 Å². The van der Waals surface area contributed by atoms with Crippen molar-refractivity contribution in [3.8, 4) is 0 Å². The topological polar surface area (TPSA) is 52.0 Å². The van der Waals surface area contributed by atoms with E-state index >= 15 is 0 Å². The van der Waals surface area contributed by atoms with Crippen molar-refractivity contribution in [2.75, 3.05) is 0 Å². The Morgan fingerprint density at radius 1 is 1.33 bits per heavy atom. The number of nitrogens with zero attached hydrogens (tertiary/aromatic N) is 2. The molecule has 4 nitrogen and oxygen atoms in total. The first-order valence-electron chi connectivity index (χ1n) is 5.38. The van der Waals surface area contributed by atoms with E-state index in [1.54, 1.807) is 12.1 Å². The molecular weight excluding hydrogens is 252 g/mol. The summed E-state index contributed by atoms with van der Waals surface area (Å²) in [6.07, 6.45) is 2.67. The minimum atomic E-state index is -0.486. The maximum atomic E-state index is 12.0. The number of carbonyl (C=O) groups is 1. The fourth-order valence-corrected chi connectivity index (χ4v) is 1.69. The van der Waals surface area contributed by atoms with Crippen LogP contribution in [0.25, 0.3) is 0 Å². The molecule has 1 aromatic carbocycles. The third kappa shape index (κ3) is 2.84. The van der Waals surface area contributed by atoms with E-state index < -0.39 is 5.69 Å². The third-order valence-corrected chi connectivity index (χ3v) is 2.71. The minimum absolute atomic E-state index is 0.0601. The fourth-order valence-electron chi connectivity index (χ4n) is 1.53. The molecule has 0 aliphatic rings. The third-order valence-electron chi connectivity index (χ3n) is 2.51. The van der Waals surface area contributed by atoms with Crippen LogP contribution in [0.3, 0.4) is 0 Å². The van der Waals surface area contributed by atoms with Crippen LogP contribution in [-0.2, 0) is 6.54 Å². The summed E-state index contributed by atoms with van der Waals surface area (Å²) >= 11 is 5.73. The Bertz CT molecular complexity index is 632. The number of hydrogen-bond acceptors (Lipinski definition) is 3. The molecule has 0 radical (unpaired) electrons. The zero-order chi connectivity index (χ0) is 13.1.